The zero-order valence-electron chi connectivity index (χ0n) is 6.75. The van der Waals surface area contributed by atoms with Crippen molar-refractivity contribution in [2.45, 2.75) is 12.8 Å². The maximum atomic E-state index is 5.85. The van der Waals surface area contributed by atoms with Crippen LogP contribution in [0.4, 0.5) is 5.82 Å². The highest BCUT2D eigenvalue weighted by Crippen LogP contribution is 2.33. The molecule has 1 heterocycles. The van der Waals surface area contributed by atoms with Gasteiger partial charge in [0.25, 0.3) is 0 Å². The Morgan fingerprint density at radius 3 is 2.58 bits per heavy atom. The summed E-state index contributed by atoms with van der Waals surface area (Å²) >= 11 is 0. The molecule has 0 aromatic carbocycles. The van der Waals surface area contributed by atoms with E-state index in [1.54, 1.807) is 12.3 Å². The fourth-order valence-electron chi connectivity index (χ4n) is 1.10. The minimum absolute atomic E-state index is 0.535. The smallest absolute Gasteiger partial charge is 0.123 e. The van der Waals surface area contributed by atoms with Crippen LogP contribution in [0.3, 0.4) is 0 Å². The van der Waals surface area contributed by atoms with Gasteiger partial charge in [-0.25, -0.2) is 4.98 Å². The number of nitrogens with zero attached hydrogens (tertiary/aromatic N) is 1. The second kappa shape index (κ2) is 2.52. The second-order valence-corrected chi connectivity index (χ2v) is 2.99. The SMILES string of the molecule is NC(=C1CC1)c1ccc(N)nc1. The van der Waals surface area contributed by atoms with Crippen LogP contribution < -0.4 is 11.5 Å². The molecule has 0 amide bonds. The molecule has 4 N–H and O–H groups in total. The zero-order chi connectivity index (χ0) is 8.55. The molecule has 0 radical (unpaired) electrons. The van der Waals surface area contributed by atoms with Crippen molar-refractivity contribution in [1.29, 1.82) is 0 Å². The van der Waals surface area contributed by atoms with Crippen molar-refractivity contribution in [3.05, 3.63) is 29.5 Å². The van der Waals surface area contributed by atoms with Crippen molar-refractivity contribution in [2.75, 3.05) is 5.73 Å². The number of hydrogen-bond donors (Lipinski definition) is 2. The molecular weight excluding hydrogens is 150 g/mol. The maximum absolute atomic E-state index is 5.85. The molecular formula is C9H11N3. The number of hydrogen-bond acceptors (Lipinski definition) is 3. The van der Waals surface area contributed by atoms with E-state index in [0.29, 0.717) is 5.82 Å². The Kier molecular flexibility index (Phi) is 1.50. The van der Waals surface area contributed by atoms with Crippen molar-refractivity contribution in [1.82, 2.24) is 4.98 Å². The third-order valence-corrected chi connectivity index (χ3v) is 1.98. The number of allylic oxidation sites excluding steroid dienone is 1. The first-order chi connectivity index (χ1) is 5.77. The minimum Gasteiger partial charge on any atom is -0.398 e. The summed E-state index contributed by atoms with van der Waals surface area (Å²) in [5.41, 5.74) is 14.5. The van der Waals surface area contributed by atoms with Crippen LogP contribution in [0.15, 0.2) is 23.9 Å². The normalized spacial score (nSPS) is 14.5. The average molecular weight is 161 g/mol. The molecule has 0 aliphatic heterocycles. The summed E-state index contributed by atoms with van der Waals surface area (Å²) in [5, 5.41) is 0. The number of aromatic nitrogens is 1. The standard InChI is InChI=1S/C9H11N3/c10-8-4-3-7(5-12-8)9(11)6-1-2-6/h3-5H,1-2,11H2,(H2,10,12). The largest absolute Gasteiger partial charge is 0.398 e. The fraction of sp³-hybridized carbons (Fsp3) is 0.222. The van der Waals surface area contributed by atoms with Gasteiger partial charge in [-0.05, 0) is 30.5 Å². The van der Waals surface area contributed by atoms with Gasteiger partial charge in [-0.2, -0.15) is 0 Å². The summed E-state index contributed by atoms with van der Waals surface area (Å²) in [5.74, 6) is 0.535. The van der Waals surface area contributed by atoms with E-state index in [-0.39, 0.29) is 0 Å². The van der Waals surface area contributed by atoms with Gasteiger partial charge in [-0.1, -0.05) is 0 Å². The summed E-state index contributed by atoms with van der Waals surface area (Å²) in [4.78, 5) is 3.97. The summed E-state index contributed by atoms with van der Waals surface area (Å²) in [6, 6.07) is 3.67. The summed E-state index contributed by atoms with van der Waals surface area (Å²) in [6.07, 6.45) is 3.99. The van der Waals surface area contributed by atoms with Gasteiger partial charge in [0.05, 0.1) is 0 Å². The van der Waals surface area contributed by atoms with Gasteiger partial charge in [0.1, 0.15) is 5.82 Å². The predicted molar refractivity (Wildman–Crippen MR) is 49.0 cm³/mol. The van der Waals surface area contributed by atoms with E-state index in [1.807, 2.05) is 6.07 Å². The van der Waals surface area contributed by atoms with Crippen LogP contribution >= 0.6 is 0 Å². The average Bonchev–Trinajstić information content (AvgIpc) is 2.87. The van der Waals surface area contributed by atoms with E-state index in [2.05, 4.69) is 4.98 Å². The van der Waals surface area contributed by atoms with E-state index in [9.17, 15) is 0 Å². The Bertz CT molecular complexity index is 318. The lowest BCUT2D eigenvalue weighted by Gasteiger charge is -1.99. The summed E-state index contributed by atoms with van der Waals surface area (Å²) in [7, 11) is 0. The first-order valence-corrected chi connectivity index (χ1v) is 3.97. The monoisotopic (exact) mass is 161 g/mol. The lowest BCUT2D eigenvalue weighted by Crippen LogP contribution is -1.98. The van der Waals surface area contributed by atoms with Crippen molar-refractivity contribution < 1.29 is 0 Å². The van der Waals surface area contributed by atoms with Gasteiger partial charge in [0.2, 0.25) is 0 Å². The van der Waals surface area contributed by atoms with Crippen LogP contribution in [-0.4, -0.2) is 4.98 Å². The molecule has 3 heteroatoms. The molecule has 2 rings (SSSR count). The topological polar surface area (TPSA) is 64.9 Å². The molecule has 3 nitrogen and oxygen atoms in total. The van der Waals surface area contributed by atoms with E-state index >= 15 is 0 Å². The van der Waals surface area contributed by atoms with Crippen LogP contribution in [0, 0.1) is 0 Å². The molecule has 0 unspecified atom stereocenters. The van der Waals surface area contributed by atoms with Gasteiger partial charge >= 0.3 is 0 Å². The molecule has 12 heavy (non-hydrogen) atoms. The number of rotatable bonds is 1. The number of anilines is 1. The molecule has 1 aromatic heterocycles. The Balaban J connectivity index is 2.35. The van der Waals surface area contributed by atoms with E-state index in [1.165, 1.54) is 5.57 Å². The lowest BCUT2D eigenvalue weighted by molar-refractivity contribution is 1.30. The Hall–Kier alpha value is -1.51. The van der Waals surface area contributed by atoms with Crippen LogP contribution in [0.25, 0.3) is 5.70 Å². The Labute approximate surface area is 71.1 Å². The molecule has 0 spiro atoms. The van der Waals surface area contributed by atoms with Gasteiger partial charge in [0, 0.05) is 17.5 Å². The van der Waals surface area contributed by atoms with Crippen LogP contribution in [0.1, 0.15) is 18.4 Å². The van der Waals surface area contributed by atoms with Gasteiger partial charge < -0.3 is 11.5 Å². The van der Waals surface area contributed by atoms with E-state index in [0.717, 1.165) is 24.1 Å². The lowest BCUT2D eigenvalue weighted by atomic mass is 10.2. The number of nitrogens with two attached hydrogens (primary N) is 2. The first kappa shape index (κ1) is 7.16. The van der Waals surface area contributed by atoms with Gasteiger partial charge in [-0.3, -0.25) is 0 Å². The summed E-state index contributed by atoms with van der Waals surface area (Å²) < 4.78 is 0. The molecule has 1 fully saturated rings. The van der Waals surface area contributed by atoms with Crippen LogP contribution in [0.5, 0.6) is 0 Å². The Morgan fingerprint density at radius 1 is 1.33 bits per heavy atom. The highest BCUT2D eigenvalue weighted by molar-refractivity contribution is 5.68. The minimum atomic E-state index is 0.535. The van der Waals surface area contributed by atoms with E-state index < -0.39 is 0 Å². The quantitative estimate of drug-likeness (QED) is 0.648. The predicted octanol–water partition coefficient (Wildman–Crippen LogP) is 1.13. The highest BCUT2D eigenvalue weighted by atomic mass is 14.8. The van der Waals surface area contributed by atoms with Gasteiger partial charge in [0.15, 0.2) is 0 Å². The second-order valence-electron chi connectivity index (χ2n) is 2.99. The Morgan fingerprint density at radius 2 is 2.08 bits per heavy atom. The van der Waals surface area contributed by atoms with Crippen LogP contribution in [-0.2, 0) is 0 Å². The van der Waals surface area contributed by atoms with Crippen LogP contribution in [0.2, 0.25) is 0 Å². The third-order valence-electron chi connectivity index (χ3n) is 1.98. The molecule has 1 aromatic rings. The van der Waals surface area contributed by atoms with Gasteiger partial charge in [-0.15, -0.1) is 0 Å². The molecule has 1 aliphatic rings. The number of nitrogen functional groups attached to an aromatic ring is 1. The van der Waals surface area contributed by atoms with Crippen molar-refractivity contribution in [3.63, 3.8) is 0 Å². The van der Waals surface area contributed by atoms with Crippen molar-refractivity contribution in [2.24, 2.45) is 5.73 Å². The molecule has 1 saturated carbocycles. The molecule has 0 atom stereocenters. The highest BCUT2D eigenvalue weighted by Gasteiger charge is 2.16. The molecule has 62 valence electrons. The molecule has 0 saturated heterocycles. The van der Waals surface area contributed by atoms with E-state index in [4.69, 9.17) is 11.5 Å². The molecule has 1 aliphatic carbocycles. The number of pyridine rings is 1. The maximum Gasteiger partial charge on any atom is 0.123 e. The van der Waals surface area contributed by atoms with Crippen molar-refractivity contribution >= 4 is 11.5 Å². The third kappa shape index (κ3) is 1.25. The first-order valence-electron chi connectivity index (χ1n) is 3.97. The zero-order valence-corrected chi connectivity index (χ0v) is 6.75. The van der Waals surface area contributed by atoms with Crippen molar-refractivity contribution in [3.8, 4) is 0 Å². The fourth-order valence-corrected chi connectivity index (χ4v) is 1.10. The molecule has 0 bridgehead atoms. The summed E-state index contributed by atoms with van der Waals surface area (Å²) in [6.45, 7) is 0.